The minimum absolute atomic E-state index is 0.0314. The lowest BCUT2D eigenvalue weighted by Gasteiger charge is -2.29. The Labute approximate surface area is 111 Å². The number of hydrogen-bond donors (Lipinski definition) is 3. The Balaban J connectivity index is 1.88. The van der Waals surface area contributed by atoms with Crippen molar-refractivity contribution in [3.63, 3.8) is 0 Å². The van der Waals surface area contributed by atoms with E-state index in [1.54, 1.807) is 7.05 Å². The highest BCUT2D eigenvalue weighted by Gasteiger charge is 2.29. The van der Waals surface area contributed by atoms with E-state index in [9.17, 15) is 9.59 Å². The molecule has 0 bridgehead atoms. The molecule has 100 valence electrons. The molecule has 3 N–H and O–H groups in total. The van der Waals surface area contributed by atoms with Gasteiger partial charge in [-0.25, -0.2) is 0 Å². The molecule has 0 aromatic heterocycles. The van der Waals surface area contributed by atoms with Crippen LogP contribution in [0.1, 0.15) is 11.6 Å². The molecule has 1 unspecified atom stereocenters. The normalized spacial score (nSPS) is 21.9. The quantitative estimate of drug-likeness (QED) is 0.690. The summed E-state index contributed by atoms with van der Waals surface area (Å²) >= 11 is 0. The molecule has 2 aliphatic heterocycles. The van der Waals surface area contributed by atoms with Crippen molar-refractivity contribution in [2.75, 3.05) is 36.9 Å². The van der Waals surface area contributed by atoms with E-state index < -0.39 is 0 Å². The Hall–Kier alpha value is -2.08. The summed E-state index contributed by atoms with van der Waals surface area (Å²) in [5.74, 6) is -0.00470. The van der Waals surface area contributed by atoms with Crippen LogP contribution in [0, 0.1) is 0 Å². The van der Waals surface area contributed by atoms with Crippen LogP contribution >= 0.6 is 0 Å². The maximum atomic E-state index is 11.8. The predicted molar refractivity (Wildman–Crippen MR) is 72.1 cm³/mol. The number of nitrogens with zero attached hydrogens (tertiary/aromatic N) is 1. The van der Waals surface area contributed by atoms with Crippen molar-refractivity contribution < 1.29 is 9.59 Å². The zero-order chi connectivity index (χ0) is 13.4. The van der Waals surface area contributed by atoms with Crippen molar-refractivity contribution in [3.05, 3.63) is 23.8 Å². The van der Waals surface area contributed by atoms with Crippen LogP contribution < -0.4 is 20.9 Å². The second kappa shape index (κ2) is 4.55. The van der Waals surface area contributed by atoms with E-state index in [1.165, 1.54) is 0 Å². The highest BCUT2D eigenvalue weighted by Crippen LogP contribution is 2.33. The second-order valence-corrected chi connectivity index (χ2v) is 4.75. The van der Waals surface area contributed by atoms with Gasteiger partial charge in [-0.15, -0.1) is 0 Å². The van der Waals surface area contributed by atoms with Crippen molar-refractivity contribution in [1.29, 1.82) is 0 Å². The number of fused-ring (bicyclic) bond motifs is 1. The maximum absolute atomic E-state index is 11.8. The van der Waals surface area contributed by atoms with Crippen molar-refractivity contribution >= 4 is 23.2 Å². The molecule has 1 aromatic carbocycles. The Morgan fingerprint density at radius 2 is 2.21 bits per heavy atom. The van der Waals surface area contributed by atoms with E-state index in [0.29, 0.717) is 13.1 Å². The van der Waals surface area contributed by atoms with E-state index in [1.807, 2.05) is 23.1 Å². The first-order valence-corrected chi connectivity index (χ1v) is 6.33. The molecule has 1 atom stereocenters. The Kier molecular flexibility index (Phi) is 2.87. The molecule has 0 spiro atoms. The summed E-state index contributed by atoms with van der Waals surface area (Å²) in [6, 6.07) is 5.55. The van der Waals surface area contributed by atoms with Crippen LogP contribution in [-0.4, -0.2) is 38.5 Å². The molecule has 6 heteroatoms. The lowest BCUT2D eigenvalue weighted by molar-refractivity contribution is -0.120. The molecule has 3 rings (SSSR count). The summed E-state index contributed by atoms with van der Waals surface area (Å²) in [5, 5.41) is 8.64. The Morgan fingerprint density at radius 3 is 2.95 bits per heavy atom. The topological polar surface area (TPSA) is 73.5 Å². The van der Waals surface area contributed by atoms with Gasteiger partial charge in [0, 0.05) is 30.0 Å². The fourth-order valence-electron chi connectivity index (χ4n) is 2.59. The van der Waals surface area contributed by atoms with Gasteiger partial charge in [0.05, 0.1) is 6.54 Å². The minimum Gasteiger partial charge on any atom is -0.360 e. The van der Waals surface area contributed by atoms with Crippen LogP contribution in [0.4, 0.5) is 11.4 Å². The summed E-state index contributed by atoms with van der Waals surface area (Å²) in [4.78, 5) is 25.2. The number of piperazine rings is 1. The molecule has 2 aliphatic rings. The molecule has 0 aliphatic carbocycles. The molecule has 2 heterocycles. The molecule has 19 heavy (non-hydrogen) atoms. The van der Waals surface area contributed by atoms with Gasteiger partial charge in [0.1, 0.15) is 6.04 Å². The fraction of sp³-hybridized carbons (Fsp3) is 0.385. The van der Waals surface area contributed by atoms with Gasteiger partial charge in [-0.3, -0.25) is 9.59 Å². The fourth-order valence-corrected chi connectivity index (χ4v) is 2.59. The van der Waals surface area contributed by atoms with Crippen molar-refractivity contribution in [2.45, 2.75) is 6.04 Å². The Morgan fingerprint density at radius 1 is 1.37 bits per heavy atom. The molecule has 0 radical (unpaired) electrons. The number of hydrogen-bond acceptors (Lipinski definition) is 4. The van der Waals surface area contributed by atoms with Gasteiger partial charge >= 0.3 is 0 Å². The van der Waals surface area contributed by atoms with Gasteiger partial charge in [0.25, 0.3) is 0 Å². The number of anilines is 2. The molecule has 6 nitrogen and oxygen atoms in total. The van der Waals surface area contributed by atoms with Gasteiger partial charge in [-0.1, -0.05) is 6.07 Å². The molecular formula is C13H16N4O2. The summed E-state index contributed by atoms with van der Waals surface area (Å²) in [7, 11) is 1.77. The van der Waals surface area contributed by atoms with Gasteiger partial charge in [-0.05, 0) is 19.2 Å². The molecule has 1 fully saturated rings. The van der Waals surface area contributed by atoms with Crippen LogP contribution in [0.2, 0.25) is 0 Å². The van der Waals surface area contributed by atoms with Gasteiger partial charge < -0.3 is 20.9 Å². The van der Waals surface area contributed by atoms with E-state index in [4.69, 9.17) is 0 Å². The third-order valence-electron chi connectivity index (χ3n) is 3.56. The summed E-state index contributed by atoms with van der Waals surface area (Å²) in [6.07, 6.45) is 0. The third kappa shape index (κ3) is 2.04. The molecule has 0 saturated carbocycles. The summed E-state index contributed by atoms with van der Waals surface area (Å²) < 4.78 is 0. The summed E-state index contributed by atoms with van der Waals surface area (Å²) in [5.41, 5.74) is 2.75. The molecular weight excluding hydrogens is 244 g/mol. The van der Waals surface area contributed by atoms with Gasteiger partial charge in [0.2, 0.25) is 11.8 Å². The molecule has 2 amide bonds. The van der Waals surface area contributed by atoms with Crippen LogP contribution in [0.25, 0.3) is 0 Å². The van der Waals surface area contributed by atoms with Gasteiger partial charge in [0.15, 0.2) is 0 Å². The predicted octanol–water partition coefficient (Wildman–Crippen LogP) is -0.165. The number of likely N-dealkylation sites (N-methyl/N-ethyl adjacent to an activating group) is 1. The highest BCUT2D eigenvalue weighted by molar-refractivity contribution is 6.03. The summed E-state index contributed by atoms with van der Waals surface area (Å²) in [6.45, 7) is 1.80. The lowest BCUT2D eigenvalue weighted by atomic mass is 10.1. The lowest BCUT2D eigenvalue weighted by Crippen LogP contribution is -2.47. The first-order valence-electron chi connectivity index (χ1n) is 6.33. The van der Waals surface area contributed by atoms with Crippen LogP contribution in [0.15, 0.2) is 18.2 Å². The highest BCUT2D eigenvalue weighted by atomic mass is 16.2. The molecule has 1 saturated heterocycles. The van der Waals surface area contributed by atoms with E-state index in [2.05, 4.69) is 16.0 Å². The Bertz CT molecular complexity index is 543. The smallest absolute Gasteiger partial charge is 0.246 e. The van der Waals surface area contributed by atoms with Crippen LogP contribution in [0.3, 0.4) is 0 Å². The number of carbonyl (C=O) groups is 2. The van der Waals surface area contributed by atoms with Crippen LogP contribution in [-0.2, 0) is 9.59 Å². The third-order valence-corrected chi connectivity index (χ3v) is 3.56. The van der Waals surface area contributed by atoms with Crippen LogP contribution in [0.5, 0.6) is 0 Å². The largest absolute Gasteiger partial charge is 0.360 e. The minimum atomic E-state index is -0.284. The zero-order valence-corrected chi connectivity index (χ0v) is 10.7. The average Bonchev–Trinajstić information content (AvgIpc) is 2.72. The second-order valence-electron chi connectivity index (χ2n) is 4.75. The van der Waals surface area contributed by atoms with E-state index >= 15 is 0 Å². The van der Waals surface area contributed by atoms with Crippen molar-refractivity contribution in [3.8, 4) is 0 Å². The van der Waals surface area contributed by atoms with Crippen molar-refractivity contribution in [1.82, 2.24) is 10.6 Å². The zero-order valence-electron chi connectivity index (χ0n) is 10.7. The number of nitrogens with one attached hydrogen (secondary N) is 3. The number of benzene rings is 1. The van der Waals surface area contributed by atoms with E-state index in [-0.39, 0.29) is 17.9 Å². The standard InChI is InChI=1S/C13H16N4O2/c1-14-12-9-3-2-8(6-10(9)16-13(12)19)17-5-4-15-11(18)7-17/h2-3,6,12,14H,4-5,7H2,1H3,(H,15,18)(H,16,19). The number of rotatable bonds is 2. The first kappa shape index (κ1) is 12.0. The maximum Gasteiger partial charge on any atom is 0.246 e. The first-order chi connectivity index (χ1) is 9.19. The van der Waals surface area contributed by atoms with E-state index in [0.717, 1.165) is 23.5 Å². The van der Waals surface area contributed by atoms with Crippen molar-refractivity contribution in [2.24, 2.45) is 0 Å². The monoisotopic (exact) mass is 260 g/mol. The SMILES string of the molecule is CNC1C(=O)Nc2cc(N3CCNC(=O)C3)ccc21. The molecule has 1 aromatic rings. The van der Waals surface area contributed by atoms with Gasteiger partial charge in [-0.2, -0.15) is 0 Å². The number of amides is 2. The average molecular weight is 260 g/mol. The number of carbonyl (C=O) groups excluding carboxylic acids is 2.